The van der Waals surface area contributed by atoms with E-state index in [2.05, 4.69) is 34.9 Å². The quantitative estimate of drug-likeness (QED) is 0.548. The standard InChI is InChI=1S/C25H30N2O5/c1-16(9-8-14-22(28)27-25(2,3)23(29)30)26-24(31)32-15-21-19-12-6-4-10-17(19)18-11-5-7-13-20(18)21/h4-7,10-13,16,21H,8-9,14-15H2,1-3H3,(H,26,31)(H,27,28)(H,29,30). The van der Waals surface area contributed by atoms with E-state index in [1.54, 1.807) is 0 Å². The summed E-state index contributed by atoms with van der Waals surface area (Å²) in [6.45, 7) is 4.98. The Morgan fingerprint density at radius 3 is 2.16 bits per heavy atom. The van der Waals surface area contributed by atoms with Crippen LogP contribution in [0.5, 0.6) is 0 Å². The second-order valence-electron chi connectivity index (χ2n) is 8.74. The number of amides is 2. The highest BCUT2D eigenvalue weighted by atomic mass is 16.5. The number of aliphatic carboxylic acids is 1. The molecule has 2 amide bonds. The predicted molar refractivity (Wildman–Crippen MR) is 121 cm³/mol. The number of carbonyl (C=O) groups is 3. The van der Waals surface area contributed by atoms with Crippen LogP contribution in [0.25, 0.3) is 11.1 Å². The van der Waals surface area contributed by atoms with Crippen LogP contribution in [0.4, 0.5) is 4.79 Å². The van der Waals surface area contributed by atoms with Crippen molar-refractivity contribution in [1.29, 1.82) is 0 Å². The molecule has 0 bridgehead atoms. The third kappa shape index (κ3) is 5.46. The molecule has 0 heterocycles. The summed E-state index contributed by atoms with van der Waals surface area (Å²) in [6, 6.07) is 16.1. The van der Waals surface area contributed by atoms with Crippen LogP contribution in [0, 0.1) is 0 Å². The number of carbonyl (C=O) groups excluding carboxylic acids is 2. The van der Waals surface area contributed by atoms with Gasteiger partial charge in [-0.1, -0.05) is 48.5 Å². The molecule has 3 rings (SSSR count). The van der Waals surface area contributed by atoms with Crippen LogP contribution in [0.2, 0.25) is 0 Å². The summed E-state index contributed by atoms with van der Waals surface area (Å²) in [7, 11) is 0. The first kappa shape index (κ1) is 23.3. The first-order valence-electron chi connectivity index (χ1n) is 10.8. The van der Waals surface area contributed by atoms with Gasteiger partial charge in [0, 0.05) is 18.4 Å². The van der Waals surface area contributed by atoms with E-state index >= 15 is 0 Å². The zero-order chi connectivity index (χ0) is 23.3. The molecule has 0 radical (unpaired) electrons. The molecule has 3 N–H and O–H groups in total. The highest BCUT2D eigenvalue weighted by molar-refractivity contribution is 5.86. The molecule has 1 atom stereocenters. The van der Waals surface area contributed by atoms with E-state index in [1.807, 2.05) is 31.2 Å². The lowest BCUT2D eigenvalue weighted by molar-refractivity contribution is -0.146. The zero-order valence-electron chi connectivity index (χ0n) is 18.7. The number of hydrogen-bond donors (Lipinski definition) is 3. The molecule has 170 valence electrons. The van der Waals surface area contributed by atoms with Gasteiger partial charge in [-0.2, -0.15) is 0 Å². The molecule has 7 heteroatoms. The first-order valence-corrected chi connectivity index (χ1v) is 10.8. The maximum Gasteiger partial charge on any atom is 0.407 e. The summed E-state index contributed by atoms with van der Waals surface area (Å²) in [5.74, 6) is -1.41. The summed E-state index contributed by atoms with van der Waals surface area (Å²) in [6.07, 6.45) is 0.793. The highest BCUT2D eigenvalue weighted by Crippen LogP contribution is 2.44. The van der Waals surface area contributed by atoms with Gasteiger partial charge in [0.15, 0.2) is 0 Å². The monoisotopic (exact) mass is 438 g/mol. The minimum Gasteiger partial charge on any atom is -0.480 e. The van der Waals surface area contributed by atoms with E-state index in [0.717, 1.165) is 11.1 Å². The van der Waals surface area contributed by atoms with Crippen molar-refractivity contribution in [3.05, 3.63) is 59.7 Å². The van der Waals surface area contributed by atoms with Gasteiger partial charge in [0.1, 0.15) is 12.1 Å². The molecule has 7 nitrogen and oxygen atoms in total. The van der Waals surface area contributed by atoms with Crippen LogP contribution in [-0.2, 0) is 14.3 Å². The number of nitrogens with one attached hydrogen (secondary N) is 2. The first-order chi connectivity index (χ1) is 15.2. The fraction of sp³-hybridized carbons (Fsp3) is 0.400. The Labute approximate surface area is 188 Å². The maximum absolute atomic E-state index is 12.3. The Bertz CT molecular complexity index is 956. The Hall–Kier alpha value is -3.35. The third-order valence-electron chi connectivity index (χ3n) is 5.74. The van der Waals surface area contributed by atoms with Gasteiger partial charge in [0.05, 0.1) is 0 Å². The van der Waals surface area contributed by atoms with Crippen molar-refractivity contribution in [2.45, 2.75) is 57.5 Å². The average molecular weight is 439 g/mol. The van der Waals surface area contributed by atoms with E-state index in [-0.39, 0.29) is 30.9 Å². The van der Waals surface area contributed by atoms with Crippen LogP contribution in [-0.4, -0.2) is 41.3 Å². The van der Waals surface area contributed by atoms with E-state index < -0.39 is 17.6 Å². The largest absolute Gasteiger partial charge is 0.480 e. The SMILES string of the molecule is CC(CCCC(=O)NC(C)(C)C(=O)O)NC(=O)OCC1c2ccccc2-c2ccccc21. The fourth-order valence-corrected chi connectivity index (χ4v) is 3.95. The van der Waals surface area contributed by atoms with Crippen molar-refractivity contribution in [3.8, 4) is 11.1 Å². The predicted octanol–water partition coefficient (Wildman–Crippen LogP) is 4.06. The molecule has 2 aromatic rings. The molecule has 0 spiro atoms. The normalized spacial score (nSPS) is 13.6. The third-order valence-corrected chi connectivity index (χ3v) is 5.74. The van der Waals surface area contributed by atoms with Crippen molar-refractivity contribution in [3.63, 3.8) is 0 Å². The molecular weight excluding hydrogens is 408 g/mol. The molecule has 2 aromatic carbocycles. The lowest BCUT2D eigenvalue weighted by Gasteiger charge is -2.21. The Balaban J connectivity index is 1.44. The highest BCUT2D eigenvalue weighted by Gasteiger charge is 2.30. The number of carboxylic acids is 1. The van der Waals surface area contributed by atoms with Gasteiger partial charge in [0.25, 0.3) is 0 Å². The molecule has 0 saturated carbocycles. The molecule has 1 aliphatic carbocycles. The number of ether oxygens (including phenoxy) is 1. The number of benzene rings is 2. The van der Waals surface area contributed by atoms with Gasteiger partial charge in [-0.15, -0.1) is 0 Å². The van der Waals surface area contributed by atoms with Gasteiger partial charge < -0.3 is 20.5 Å². The second-order valence-corrected chi connectivity index (χ2v) is 8.74. The maximum atomic E-state index is 12.3. The van der Waals surface area contributed by atoms with Crippen LogP contribution >= 0.6 is 0 Å². The van der Waals surface area contributed by atoms with Gasteiger partial charge >= 0.3 is 12.1 Å². The van der Waals surface area contributed by atoms with Crippen LogP contribution < -0.4 is 10.6 Å². The van der Waals surface area contributed by atoms with Crippen molar-refractivity contribution >= 4 is 18.0 Å². The molecule has 1 unspecified atom stereocenters. The smallest absolute Gasteiger partial charge is 0.407 e. The van der Waals surface area contributed by atoms with Gasteiger partial charge in [-0.05, 0) is 55.9 Å². The molecule has 0 aliphatic heterocycles. The summed E-state index contributed by atoms with van der Waals surface area (Å²) < 4.78 is 5.54. The number of alkyl carbamates (subject to hydrolysis) is 1. The molecule has 0 aromatic heterocycles. The number of rotatable bonds is 9. The van der Waals surface area contributed by atoms with E-state index in [0.29, 0.717) is 12.8 Å². The van der Waals surface area contributed by atoms with Crippen molar-refractivity contribution < 1.29 is 24.2 Å². The van der Waals surface area contributed by atoms with Gasteiger partial charge in [-0.3, -0.25) is 4.79 Å². The summed E-state index contributed by atoms with van der Waals surface area (Å²) in [5.41, 5.74) is 3.36. The van der Waals surface area contributed by atoms with Crippen molar-refractivity contribution in [2.24, 2.45) is 0 Å². The summed E-state index contributed by atoms with van der Waals surface area (Å²) >= 11 is 0. The summed E-state index contributed by atoms with van der Waals surface area (Å²) in [5, 5.41) is 14.4. The minimum atomic E-state index is -1.30. The molecule has 0 fully saturated rings. The average Bonchev–Trinajstić information content (AvgIpc) is 3.05. The van der Waals surface area contributed by atoms with Crippen LogP contribution in [0.15, 0.2) is 48.5 Å². The fourth-order valence-electron chi connectivity index (χ4n) is 3.95. The molecule has 32 heavy (non-hydrogen) atoms. The lowest BCUT2D eigenvalue weighted by Crippen LogP contribution is -2.49. The Kier molecular flexibility index (Phi) is 7.18. The van der Waals surface area contributed by atoms with Crippen molar-refractivity contribution in [2.75, 3.05) is 6.61 Å². The van der Waals surface area contributed by atoms with E-state index in [9.17, 15) is 14.4 Å². The summed E-state index contributed by atoms with van der Waals surface area (Å²) in [4.78, 5) is 35.3. The molecule has 0 saturated heterocycles. The minimum absolute atomic E-state index is 0.00439. The van der Waals surface area contributed by atoms with Crippen LogP contribution in [0.3, 0.4) is 0 Å². The van der Waals surface area contributed by atoms with E-state index in [4.69, 9.17) is 9.84 Å². The Morgan fingerprint density at radius 1 is 1.03 bits per heavy atom. The van der Waals surface area contributed by atoms with E-state index in [1.165, 1.54) is 25.0 Å². The van der Waals surface area contributed by atoms with Crippen molar-refractivity contribution in [1.82, 2.24) is 10.6 Å². The van der Waals surface area contributed by atoms with Gasteiger partial charge in [0.2, 0.25) is 5.91 Å². The second kappa shape index (κ2) is 9.85. The molecular formula is C25H30N2O5. The molecule has 1 aliphatic rings. The topological polar surface area (TPSA) is 105 Å². The number of fused-ring (bicyclic) bond motifs is 3. The number of hydrogen-bond acceptors (Lipinski definition) is 4. The van der Waals surface area contributed by atoms with Gasteiger partial charge in [-0.25, -0.2) is 9.59 Å². The van der Waals surface area contributed by atoms with Crippen LogP contribution in [0.1, 0.15) is 57.1 Å². The Morgan fingerprint density at radius 2 is 1.59 bits per heavy atom. The lowest BCUT2D eigenvalue weighted by atomic mass is 9.98. The zero-order valence-corrected chi connectivity index (χ0v) is 18.7. The number of carboxylic acid groups (broad SMARTS) is 1.